The molecule has 0 aliphatic carbocycles. The number of hydrogen-bond donors (Lipinski definition) is 2. The van der Waals surface area contributed by atoms with Crippen LogP contribution in [0.2, 0.25) is 0 Å². The molecule has 7 nitrogen and oxygen atoms in total. The van der Waals surface area contributed by atoms with Crippen LogP contribution in [0.5, 0.6) is 5.75 Å². The van der Waals surface area contributed by atoms with Gasteiger partial charge in [-0.2, -0.15) is 18.4 Å². The van der Waals surface area contributed by atoms with Gasteiger partial charge in [-0.05, 0) is 25.1 Å². The van der Waals surface area contributed by atoms with Crippen LogP contribution in [0.1, 0.15) is 11.3 Å². The van der Waals surface area contributed by atoms with Crippen LogP contribution in [0.4, 0.5) is 24.7 Å². The maximum atomic E-state index is 12.2. The third-order valence-corrected chi connectivity index (χ3v) is 2.84. The first kappa shape index (κ1) is 18.1. The van der Waals surface area contributed by atoms with E-state index < -0.39 is 18.7 Å². The molecule has 2 aromatic rings. The van der Waals surface area contributed by atoms with Crippen LogP contribution >= 0.6 is 0 Å². The van der Waals surface area contributed by atoms with E-state index in [4.69, 9.17) is 9.78 Å². The fourth-order valence-corrected chi connectivity index (χ4v) is 1.80. The second-order valence-corrected chi connectivity index (χ2v) is 4.96. The molecule has 1 aromatic heterocycles. The second kappa shape index (κ2) is 7.57. The highest BCUT2D eigenvalue weighted by Crippen LogP contribution is 2.24. The molecule has 132 valence electrons. The summed E-state index contributed by atoms with van der Waals surface area (Å²) in [5.41, 5.74) is 0.900. The normalized spacial score (nSPS) is 10.8. The maximum Gasteiger partial charge on any atom is 0.422 e. The van der Waals surface area contributed by atoms with Crippen molar-refractivity contribution in [2.24, 2.45) is 0 Å². The molecule has 2 N–H and O–H groups in total. The van der Waals surface area contributed by atoms with Gasteiger partial charge in [0.2, 0.25) is 11.8 Å². The van der Waals surface area contributed by atoms with Crippen molar-refractivity contribution in [2.45, 2.75) is 13.1 Å². The summed E-state index contributed by atoms with van der Waals surface area (Å²) < 4.78 is 45.9. The van der Waals surface area contributed by atoms with E-state index in [1.54, 1.807) is 19.1 Å². The number of halogens is 3. The number of benzene rings is 1. The number of nitrogens with one attached hydrogen (secondary N) is 2. The summed E-state index contributed by atoms with van der Waals surface area (Å²) in [6.07, 6.45) is -4.50. The number of aromatic nitrogens is 1. The SMILES string of the molecule is Cc1cc(NC(=O)CNc2ccc(OCC(F)(F)F)c(C#N)c2)on1. The van der Waals surface area contributed by atoms with Gasteiger partial charge in [-0.1, -0.05) is 5.16 Å². The van der Waals surface area contributed by atoms with Gasteiger partial charge < -0.3 is 14.6 Å². The lowest BCUT2D eigenvalue weighted by atomic mass is 10.2. The Morgan fingerprint density at radius 1 is 1.40 bits per heavy atom. The van der Waals surface area contributed by atoms with Gasteiger partial charge in [0, 0.05) is 11.8 Å². The van der Waals surface area contributed by atoms with E-state index in [9.17, 15) is 18.0 Å². The predicted octanol–water partition coefficient (Wildman–Crippen LogP) is 2.85. The summed E-state index contributed by atoms with van der Waals surface area (Å²) >= 11 is 0. The van der Waals surface area contributed by atoms with Crippen molar-refractivity contribution in [3.8, 4) is 11.8 Å². The lowest BCUT2D eigenvalue weighted by molar-refractivity contribution is -0.153. The van der Waals surface area contributed by atoms with E-state index >= 15 is 0 Å². The van der Waals surface area contributed by atoms with E-state index in [0.717, 1.165) is 0 Å². The molecular weight excluding hydrogens is 341 g/mol. The number of rotatable bonds is 6. The van der Waals surface area contributed by atoms with Gasteiger partial charge in [-0.15, -0.1) is 0 Å². The number of aryl methyl sites for hydroxylation is 1. The van der Waals surface area contributed by atoms with E-state index in [1.807, 2.05) is 0 Å². The van der Waals surface area contributed by atoms with Crippen LogP contribution in [-0.4, -0.2) is 30.4 Å². The minimum absolute atomic E-state index is 0.0829. The van der Waals surface area contributed by atoms with Gasteiger partial charge in [0.15, 0.2) is 6.61 Å². The summed E-state index contributed by atoms with van der Waals surface area (Å²) in [5, 5.41) is 17.8. The minimum Gasteiger partial charge on any atom is -0.483 e. The van der Waals surface area contributed by atoms with Crippen molar-refractivity contribution >= 4 is 17.5 Å². The fourth-order valence-electron chi connectivity index (χ4n) is 1.80. The molecule has 0 unspecified atom stereocenters. The fraction of sp³-hybridized carbons (Fsp3) is 0.267. The summed E-state index contributed by atoms with van der Waals surface area (Å²) in [4.78, 5) is 11.8. The average Bonchev–Trinajstić information content (AvgIpc) is 2.95. The van der Waals surface area contributed by atoms with Crippen molar-refractivity contribution < 1.29 is 27.2 Å². The molecular formula is C15H13F3N4O3. The molecule has 0 spiro atoms. The van der Waals surface area contributed by atoms with E-state index in [1.165, 1.54) is 18.2 Å². The third kappa shape index (κ3) is 5.72. The van der Waals surface area contributed by atoms with Gasteiger partial charge in [0.05, 0.1) is 17.8 Å². The van der Waals surface area contributed by atoms with E-state index in [-0.39, 0.29) is 23.7 Å². The van der Waals surface area contributed by atoms with Crippen molar-refractivity contribution in [2.75, 3.05) is 23.8 Å². The summed E-state index contributed by atoms with van der Waals surface area (Å²) in [5.74, 6) is -0.420. The van der Waals surface area contributed by atoms with Crippen LogP contribution in [0, 0.1) is 18.3 Å². The van der Waals surface area contributed by atoms with Gasteiger partial charge in [-0.3, -0.25) is 10.1 Å². The number of amides is 1. The van der Waals surface area contributed by atoms with Crippen LogP contribution in [0.25, 0.3) is 0 Å². The molecule has 0 bridgehead atoms. The largest absolute Gasteiger partial charge is 0.483 e. The number of hydrogen-bond acceptors (Lipinski definition) is 6. The van der Waals surface area contributed by atoms with Gasteiger partial charge in [-0.25, -0.2) is 0 Å². The first-order valence-electron chi connectivity index (χ1n) is 6.97. The highest BCUT2D eigenvalue weighted by molar-refractivity contribution is 5.92. The minimum atomic E-state index is -4.50. The van der Waals surface area contributed by atoms with Crippen LogP contribution in [0.15, 0.2) is 28.8 Å². The van der Waals surface area contributed by atoms with Crippen LogP contribution in [-0.2, 0) is 4.79 Å². The zero-order valence-electron chi connectivity index (χ0n) is 13.0. The highest BCUT2D eigenvalue weighted by atomic mass is 19.4. The molecule has 0 saturated carbocycles. The standard InChI is InChI=1S/C15H13F3N4O3/c1-9-4-14(25-22-9)21-13(23)7-20-11-2-3-12(10(5-11)6-19)24-8-15(16,17)18/h2-5,20H,7-8H2,1H3,(H,21,23). The number of nitriles is 1. The Kier molecular flexibility index (Phi) is 5.49. The highest BCUT2D eigenvalue weighted by Gasteiger charge is 2.28. The number of alkyl halides is 3. The average molecular weight is 354 g/mol. The van der Waals surface area contributed by atoms with Gasteiger partial charge in [0.1, 0.15) is 11.8 Å². The number of carbonyl (C=O) groups excluding carboxylic acids is 1. The van der Waals surface area contributed by atoms with E-state index in [0.29, 0.717) is 11.4 Å². The van der Waals surface area contributed by atoms with Gasteiger partial charge >= 0.3 is 6.18 Å². The maximum absolute atomic E-state index is 12.2. The topological polar surface area (TPSA) is 100 Å². The lowest BCUT2D eigenvalue weighted by Crippen LogP contribution is -2.21. The molecule has 10 heteroatoms. The molecule has 0 fully saturated rings. The molecule has 1 aromatic carbocycles. The molecule has 0 saturated heterocycles. The van der Waals surface area contributed by atoms with Crippen molar-refractivity contribution in [3.05, 3.63) is 35.5 Å². The predicted molar refractivity (Wildman–Crippen MR) is 81.1 cm³/mol. The summed E-state index contributed by atoms with van der Waals surface area (Å²) in [6, 6.07) is 7.20. The summed E-state index contributed by atoms with van der Waals surface area (Å²) in [6.45, 7) is 0.0596. The third-order valence-electron chi connectivity index (χ3n) is 2.84. The zero-order chi connectivity index (χ0) is 18.4. The number of nitrogens with zero attached hydrogens (tertiary/aromatic N) is 2. The van der Waals surface area contributed by atoms with Crippen molar-refractivity contribution in [1.82, 2.24) is 5.16 Å². The van der Waals surface area contributed by atoms with Crippen molar-refractivity contribution in [3.63, 3.8) is 0 Å². The molecule has 0 radical (unpaired) electrons. The van der Waals surface area contributed by atoms with E-state index in [2.05, 4.69) is 20.5 Å². The summed E-state index contributed by atoms with van der Waals surface area (Å²) in [7, 11) is 0. The Morgan fingerprint density at radius 2 is 2.16 bits per heavy atom. The molecule has 0 atom stereocenters. The first-order chi connectivity index (χ1) is 11.8. The Labute approximate surface area is 140 Å². The Balaban J connectivity index is 1.94. The number of carbonyl (C=O) groups is 1. The quantitative estimate of drug-likeness (QED) is 0.827. The van der Waals surface area contributed by atoms with Crippen molar-refractivity contribution in [1.29, 1.82) is 5.26 Å². The van der Waals surface area contributed by atoms with Gasteiger partial charge in [0.25, 0.3) is 0 Å². The molecule has 25 heavy (non-hydrogen) atoms. The zero-order valence-corrected chi connectivity index (χ0v) is 13.0. The first-order valence-corrected chi connectivity index (χ1v) is 6.97. The number of anilines is 2. The molecule has 1 amide bonds. The monoisotopic (exact) mass is 354 g/mol. The molecule has 0 aliphatic heterocycles. The Bertz CT molecular complexity index is 796. The molecule has 2 rings (SSSR count). The second-order valence-electron chi connectivity index (χ2n) is 4.96. The Morgan fingerprint density at radius 3 is 2.76 bits per heavy atom. The Hall–Kier alpha value is -3.22. The lowest BCUT2D eigenvalue weighted by Gasteiger charge is -2.12. The van der Waals surface area contributed by atoms with Crippen LogP contribution in [0.3, 0.4) is 0 Å². The molecule has 0 aliphatic rings. The smallest absolute Gasteiger partial charge is 0.422 e. The molecule has 1 heterocycles. The van der Waals surface area contributed by atoms with Crippen LogP contribution < -0.4 is 15.4 Å². The number of ether oxygens (including phenoxy) is 1.